The Morgan fingerprint density at radius 1 is 1.18 bits per heavy atom. The number of rotatable bonds is 4. The molecule has 0 bridgehead atoms. The van der Waals surface area contributed by atoms with Crippen molar-refractivity contribution in [3.05, 3.63) is 42.5 Å². The average Bonchev–Trinajstić information content (AvgIpc) is 2.90. The maximum absolute atomic E-state index is 11.5. The highest BCUT2D eigenvalue weighted by Crippen LogP contribution is 2.34. The molecular formula is C17H16N2O2S. The second kappa shape index (κ2) is 6.15. The molecule has 3 rings (SSSR count). The molecule has 3 aromatic rings. The van der Waals surface area contributed by atoms with E-state index in [1.807, 2.05) is 24.3 Å². The lowest BCUT2D eigenvalue weighted by Gasteiger charge is -2.03. The van der Waals surface area contributed by atoms with Gasteiger partial charge in [-0.15, -0.1) is 11.3 Å². The van der Waals surface area contributed by atoms with Gasteiger partial charge < -0.3 is 4.74 Å². The number of carbonyl (C=O) groups is 1. The fourth-order valence-corrected chi connectivity index (χ4v) is 3.37. The zero-order valence-electron chi connectivity index (χ0n) is 12.4. The van der Waals surface area contributed by atoms with Crippen molar-refractivity contribution in [2.24, 2.45) is 5.10 Å². The molecule has 5 heteroatoms. The molecule has 0 aliphatic heterocycles. The van der Waals surface area contributed by atoms with Crippen molar-refractivity contribution < 1.29 is 9.53 Å². The van der Waals surface area contributed by atoms with Crippen molar-refractivity contribution in [2.75, 3.05) is 12.0 Å². The first-order valence-electron chi connectivity index (χ1n) is 7.07. The predicted octanol–water partition coefficient (Wildman–Crippen LogP) is 4.41. The van der Waals surface area contributed by atoms with Crippen molar-refractivity contribution >= 4 is 48.9 Å². The zero-order valence-corrected chi connectivity index (χ0v) is 13.2. The predicted molar refractivity (Wildman–Crippen MR) is 92.7 cm³/mol. The van der Waals surface area contributed by atoms with Crippen LogP contribution in [0.3, 0.4) is 0 Å². The summed E-state index contributed by atoms with van der Waals surface area (Å²) in [7, 11) is 0. The Morgan fingerprint density at radius 3 is 2.77 bits per heavy atom. The number of hydrogen-bond donors (Lipinski definition) is 1. The SMILES string of the molecule is CCOC(=O)/C(C)=N\Nc1ccc2c(c1)sc1ccccc12. The van der Waals surface area contributed by atoms with E-state index in [1.54, 1.807) is 25.2 Å². The molecule has 112 valence electrons. The Labute approximate surface area is 132 Å². The highest BCUT2D eigenvalue weighted by atomic mass is 32.1. The monoisotopic (exact) mass is 312 g/mol. The number of anilines is 1. The molecule has 0 aliphatic rings. The minimum atomic E-state index is -0.405. The summed E-state index contributed by atoms with van der Waals surface area (Å²) in [5.41, 5.74) is 4.07. The molecule has 0 fully saturated rings. The molecular weight excluding hydrogens is 296 g/mol. The van der Waals surface area contributed by atoms with E-state index >= 15 is 0 Å². The Kier molecular flexibility index (Phi) is 4.06. The van der Waals surface area contributed by atoms with Crippen LogP contribution in [0, 0.1) is 0 Å². The van der Waals surface area contributed by atoms with Crippen LogP contribution in [-0.4, -0.2) is 18.3 Å². The van der Waals surface area contributed by atoms with Crippen LogP contribution in [0.25, 0.3) is 20.2 Å². The van der Waals surface area contributed by atoms with E-state index in [4.69, 9.17) is 4.74 Å². The van der Waals surface area contributed by atoms with Gasteiger partial charge in [0, 0.05) is 20.2 Å². The van der Waals surface area contributed by atoms with Crippen LogP contribution < -0.4 is 5.43 Å². The van der Waals surface area contributed by atoms with Gasteiger partial charge in [-0.1, -0.05) is 24.3 Å². The highest BCUT2D eigenvalue weighted by Gasteiger charge is 2.07. The number of esters is 1. The van der Waals surface area contributed by atoms with Gasteiger partial charge in [0.05, 0.1) is 12.3 Å². The quantitative estimate of drug-likeness (QED) is 0.441. The first-order valence-corrected chi connectivity index (χ1v) is 7.89. The molecule has 1 aromatic heterocycles. The van der Waals surface area contributed by atoms with Crippen molar-refractivity contribution in [1.82, 2.24) is 0 Å². The average molecular weight is 312 g/mol. The lowest BCUT2D eigenvalue weighted by Crippen LogP contribution is -2.15. The topological polar surface area (TPSA) is 50.7 Å². The summed E-state index contributed by atoms with van der Waals surface area (Å²) in [6.45, 7) is 3.75. The fourth-order valence-electron chi connectivity index (χ4n) is 2.23. The zero-order chi connectivity index (χ0) is 15.5. The van der Waals surface area contributed by atoms with Crippen molar-refractivity contribution in [3.8, 4) is 0 Å². The number of fused-ring (bicyclic) bond motifs is 3. The van der Waals surface area contributed by atoms with Gasteiger partial charge >= 0.3 is 5.97 Å². The third-order valence-corrected chi connectivity index (χ3v) is 4.44. The first kappa shape index (κ1) is 14.5. The normalized spacial score (nSPS) is 11.8. The van der Waals surface area contributed by atoms with Gasteiger partial charge in [0.15, 0.2) is 0 Å². The van der Waals surface area contributed by atoms with Crippen molar-refractivity contribution in [1.29, 1.82) is 0 Å². The Balaban J connectivity index is 1.88. The summed E-state index contributed by atoms with van der Waals surface area (Å²) in [6.07, 6.45) is 0. The molecule has 2 aromatic carbocycles. The van der Waals surface area contributed by atoms with Crippen LogP contribution in [0.5, 0.6) is 0 Å². The van der Waals surface area contributed by atoms with Gasteiger partial charge in [-0.05, 0) is 32.0 Å². The van der Waals surface area contributed by atoms with E-state index in [0.29, 0.717) is 12.3 Å². The highest BCUT2D eigenvalue weighted by molar-refractivity contribution is 7.25. The number of carbonyl (C=O) groups excluding carboxylic acids is 1. The van der Waals surface area contributed by atoms with Crippen molar-refractivity contribution in [2.45, 2.75) is 13.8 Å². The van der Waals surface area contributed by atoms with Gasteiger partial charge in [0.2, 0.25) is 0 Å². The number of hydrogen-bond acceptors (Lipinski definition) is 5. The van der Waals surface area contributed by atoms with Crippen LogP contribution in [-0.2, 0) is 9.53 Å². The molecule has 0 aliphatic carbocycles. The van der Waals surface area contributed by atoms with Gasteiger partial charge in [-0.25, -0.2) is 4.79 Å². The van der Waals surface area contributed by atoms with E-state index in [-0.39, 0.29) is 0 Å². The summed E-state index contributed by atoms with van der Waals surface area (Å²) >= 11 is 1.74. The summed E-state index contributed by atoms with van der Waals surface area (Å²) in [4.78, 5) is 11.5. The van der Waals surface area contributed by atoms with Gasteiger partial charge in [-0.2, -0.15) is 5.10 Å². The summed E-state index contributed by atoms with van der Waals surface area (Å²) in [6, 6.07) is 14.4. The molecule has 0 amide bonds. The second-order valence-electron chi connectivity index (χ2n) is 4.84. The lowest BCUT2D eigenvalue weighted by molar-refractivity contribution is -0.135. The van der Waals surface area contributed by atoms with Gasteiger partial charge in [0.1, 0.15) is 5.71 Å². The van der Waals surface area contributed by atoms with Crippen LogP contribution in [0.15, 0.2) is 47.6 Å². The van der Waals surface area contributed by atoms with Gasteiger partial charge in [-0.3, -0.25) is 5.43 Å². The summed E-state index contributed by atoms with van der Waals surface area (Å²) in [5.74, 6) is -0.405. The van der Waals surface area contributed by atoms with Crippen LogP contribution in [0.1, 0.15) is 13.8 Å². The largest absolute Gasteiger partial charge is 0.461 e. The number of nitrogens with one attached hydrogen (secondary N) is 1. The standard InChI is InChI=1S/C17H16N2O2S/c1-3-21-17(20)11(2)18-19-12-8-9-14-13-6-4-5-7-15(13)22-16(14)10-12/h4-10,19H,3H2,1-2H3/b18-11-. The number of hydrazone groups is 1. The Morgan fingerprint density at radius 2 is 1.95 bits per heavy atom. The molecule has 0 saturated heterocycles. The second-order valence-corrected chi connectivity index (χ2v) is 5.92. The molecule has 0 unspecified atom stereocenters. The molecule has 1 N–H and O–H groups in total. The minimum absolute atomic E-state index is 0.304. The van der Waals surface area contributed by atoms with E-state index in [2.05, 4.69) is 28.7 Å². The summed E-state index contributed by atoms with van der Waals surface area (Å²) < 4.78 is 7.35. The smallest absolute Gasteiger partial charge is 0.354 e. The molecule has 0 atom stereocenters. The van der Waals surface area contributed by atoms with E-state index in [1.165, 1.54) is 20.2 Å². The van der Waals surface area contributed by atoms with Gasteiger partial charge in [0.25, 0.3) is 0 Å². The summed E-state index contributed by atoms with van der Waals surface area (Å²) in [5, 5.41) is 6.57. The molecule has 0 radical (unpaired) electrons. The Hall–Kier alpha value is -2.40. The van der Waals surface area contributed by atoms with Crippen LogP contribution in [0.2, 0.25) is 0 Å². The number of thiophene rings is 1. The fraction of sp³-hybridized carbons (Fsp3) is 0.176. The third-order valence-electron chi connectivity index (χ3n) is 3.30. The molecule has 0 saturated carbocycles. The first-order chi connectivity index (χ1) is 10.7. The Bertz CT molecular complexity index is 867. The number of benzene rings is 2. The molecule has 0 spiro atoms. The van der Waals surface area contributed by atoms with E-state index in [0.717, 1.165) is 5.69 Å². The maximum Gasteiger partial charge on any atom is 0.354 e. The minimum Gasteiger partial charge on any atom is -0.461 e. The van der Waals surface area contributed by atoms with Crippen LogP contribution in [0.4, 0.5) is 5.69 Å². The van der Waals surface area contributed by atoms with Crippen LogP contribution >= 0.6 is 11.3 Å². The number of ether oxygens (including phenoxy) is 1. The third kappa shape index (κ3) is 2.80. The van der Waals surface area contributed by atoms with E-state index < -0.39 is 5.97 Å². The molecule has 1 heterocycles. The maximum atomic E-state index is 11.5. The van der Waals surface area contributed by atoms with E-state index in [9.17, 15) is 4.79 Å². The molecule has 4 nitrogen and oxygen atoms in total. The lowest BCUT2D eigenvalue weighted by atomic mass is 10.1. The number of nitrogens with zero attached hydrogens (tertiary/aromatic N) is 1. The van der Waals surface area contributed by atoms with Crippen molar-refractivity contribution in [3.63, 3.8) is 0 Å². The molecule has 22 heavy (non-hydrogen) atoms.